The fraction of sp³-hybridized carbons (Fsp3) is 0.462. The van der Waals surface area contributed by atoms with Crippen molar-refractivity contribution in [3.8, 4) is 0 Å². The molecule has 0 unspecified atom stereocenters. The minimum atomic E-state index is -3.13. The number of hydrogen-bond donors (Lipinski definition) is 1. The van der Waals surface area contributed by atoms with Crippen molar-refractivity contribution in [1.82, 2.24) is 9.71 Å². The van der Waals surface area contributed by atoms with Crippen LogP contribution in [0.2, 0.25) is 5.02 Å². The molecule has 0 aliphatic carbocycles. The van der Waals surface area contributed by atoms with E-state index in [-0.39, 0.29) is 6.04 Å². The molecule has 1 aromatic carbocycles. The maximum atomic E-state index is 11.3. The molecule has 21 heavy (non-hydrogen) atoms. The van der Waals surface area contributed by atoms with E-state index >= 15 is 0 Å². The number of nitrogens with zero attached hydrogens (tertiary/aromatic N) is 2. The van der Waals surface area contributed by atoms with Crippen molar-refractivity contribution >= 4 is 48.3 Å². The lowest BCUT2D eigenvalue weighted by molar-refractivity contribution is 0.461. The summed E-state index contributed by atoms with van der Waals surface area (Å²) in [5.74, 6) is 0. The maximum absolute atomic E-state index is 11.3. The van der Waals surface area contributed by atoms with Gasteiger partial charge in [0.1, 0.15) is 0 Å². The molecule has 1 aromatic heterocycles. The van der Waals surface area contributed by atoms with E-state index in [0.717, 1.165) is 41.3 Å². The first-order valence-corrected chi connectivity index (χ1v) is 9.78. The van der Waals surface area contributed by atoms with E-state index in [0.29, 0.717) is 5.02 Å². The molecule has 8 heteroatoms. The van der Waals surface area contributed by atoms with E-state index in [9.17, 15) is 8.42 Å². The monoisotopic (exact) mass is 345 g/mol. The molecule has 1 N–H and O–H groups in total. The largest absolute Gasteiger partial charge is 0.348 e. The number of nitrogens with one attached hydrogen (secondary N) is 1. The fourth-order valence-corrected chi connectivity index (χ4v) is 4.65. The van der Waals surface area contributed by atoms with Gasteiger partial charge in [-0.25, -0.2) is 18.1 Å². The zero-order valence-corrected chi connectivity index (χ0v) is 13.9. The lowest BCUT2D eigenvalue weighted by atomic mass is 10.1. The molecule has 3 rings (SSSR count). The molecule has 1 aliphatic rings. The van der Waals surface area contributed by atoms with Gasteiger partial charge in [-0.2, -0.15) is 0 Å². The molecular formula is C13H16ClN3O2S2. The number of rotatable bonds is 3. The molecule has 1 fully saturated rings. The molecule has 0 radical (unpaired) electrons. The quantitative estimate of drug-likeness (QED) is 0.928. The van der Waals surface area contributed by atoms with Crippen LogP contribution in [0.3, 0.4) is 0 Å². The van der Waals surface area contributed by atoms with Crippen LogP contribution >= 0.6 is 22.9 Å². The first kappa shape index (κ1) is 15.0. The number of thiazole rings is 1. The summed E-state index contributed by atoms with van der Waals surface area (Å²) in [6.45, 7) is 1.61. The normalized spacial score (nSPS) is 17.5. The highest BCUT2D eigenvalue weighted by atomic mass is 35.5. The Bertz CT molecular complexity index is 752. The molecule has 2 aromatic rings. The Hall–Kier alpha value is -0.890. The van der Waals surface area contributed by atoms with Crippen LogP contribution in [0.1, 0.15) is 12.8 Å². The summed E-state index contributed by atoms with van der Waals surface area (Å²) < 4.78 is 26.3. The first-order valence-electron chi connectivity index (χ1n) is 6.69. The Balaban J connectivity index is 1.71. The molecule has 0 atom stereocenters. The Kier molecular flexibility index (Phi) is 4.09. The number of anilines is 1. The second kappa shape index (κ2) is 5.72. The molecule has 0 saturated carbocycles. The van der Waals surface area contributed by atoms with Crippen molar-refractivity contribution in [1.29, 1.82) is 0 Å². The second-order valence-electron chi connectivity index (χ2n) is 5.26. The molecular weight excluding hydrogens is 330 g/mol. The predicted octanol–water partition coefficient (Wildman–Crippen LogP) is 2.47. The second-order valence-corrected chi connectivity index (χ2v) is 8.49. The van der Waals surface area contributed by atoms with Crippen LogP contribution < -0.4 is 9.62 Å². The van der Waals surface area contributed by atoms with Crippen LogP contribution in [0.4, 0.5) is 5.13 Å². The van der Waals surface area contributed by atoms with E-state index in [1.807, 2.05) is 18.2 Å². The summed E-state index contributed by atoms with van der Waals surface area (Å²) in [4.78, 5) is 6.83. The topological polar surface area (TPSA) is 62.3 Å². The van der Waals surface area contributed by atoms with Gasteiger partial charge in [-0.3, -0.25) is 0 Å². The van der Waals surface area contributed by atoms with Gasteiger partial charge in [-0.05, 0) is 31.0 Å². The van der Waals surface area contributed by atoms with Crippen molar-refractivity contribution in [2.24, 2.45) is 0 Å². The third kappa shape index (κ3) is 3.66. The highest BCUT2D eigenvalue weighted by molar-refractivity contribution is 7.88. The summed E-state index contributed by atoms with van der Waals surface area (Å²) in [6.07, 6.45) is 2.80. The van der Waals surface area contributed by atoms with Crippen LogP contribution in [0.25, 0.3) is 10.2 Å². The lowest BCUT2D eigenvalue weighted by Gasteiger charge is -2.31. The van der Waals surface area contributed by atoms with Crippen molar-refractivity contribution in [3.63, 3.8) is 0 Å². The van der Waals surface area contributed by atoms with Gasteiger partial charge in [0.05, 0.1) is 16.5 Å². The predicted molar refractivity (Wildman–Crippen MR) is 87.8 cm³/mol. The third-order valence-corrected chi connectivity index (χ3v) is 5.56. The van der Waals surface area contributed by atoms with Gasteiger partial charge < -0.3 is 4.90 Å². The van der Waals surface area contributed by atoms with Gasteiger partial charge in [0.15, 0.2) is 5.13 Å². The van der Waals surface area contributed by atoms with Crippen LogP contribution in [0.5, 0.6) is 0 Å². The standard InChI is InChI=1S/C13H16ClN3O2S2/c1-21(18,19)16-10-4-6-17(7-5-10)13-15-11-3-2-9(14)8-12(11)20-13/h2-3,8,10,16H,4-7H2,1H3. The Morgan fingerprint density at radius 1 is 1.38 bits per heavy atom. The summed E-state index contributed by atoms with van der Waals surface area (Å²) in [5, 5.41) is 1.69. The van der Waals surface area contributed by atoms with Gasteiger partial charge in [-0.1, -0.05) is 22.9 Å². The van der Waals surface area contributed by atoms with E-state index in [4.69, 9.17) is 11.6 Å². The molecule has 2 heterocycles. The smallest absolute Gasteiger partial charge is 0.208 e. The number of sulfonamides is 1. The molecule has 114 valence electrons. The minimum Gasteiger partial charge on any atom is -0.348 e. The summed E-state index contributed by atoms with van der Waals surface area (Å²) in [5.41, 5.74) is 0.954. The zero-order valence-electron chi connectivity index (χ0n) is 11.5. The van der Waals surface area contributed by atoms with Gasteiger partial charge in [0, 0.05) is 24.2 Å². The van der Waals surface area contributed by atoms with Crippen LogP contribution in [-0.4, -0.2) is 38.8 Å². The van der Waals surface area contributed by atoms with Crippen molar-refractivity contribution in [2.75, 3.05) is 24.2 Å². The van der Waals surface area contributed by atoms with Gasteiger partial charge in [-0.15, -0.1) is 0 Å². The number of halogens is 1. The highest BCUT2D eigenvalue weighted by Crippen LogP contribution is 2.32. The highest BCUT2D eigenvalue weighted by Gasteiger charge is 2.23. The Morgan fingerprint density at radius 2 is 2.10 bits per heavy atom. The van der Waals surface area contributed by atoms with E-state index < -0.39 is 10.0 Å². The van der Waals surface area contributed by atoms with E-state index in [1.54, 1.807) is 11.3 Å². The molecule has 1 aliphatic heterocycles. The number of aromatic nitrogens is 1. The molecule has 1 saturated heterocycles. The summed E-state index contributed by atoms with van der Waals surface area (Å²) in [6, 6.07) is 5.72. The summed E-state index contributed by atoms with van der Waals surface area (Å²) in [7, 11) is -3.13. The van der Waals surface area contributed by atoms with Gasteiger partial charge in [0.2, 0.25) is 10.0 Å². The Morgan fingerprint density at radius 3 is 2.76 bits per heavy atom. The van der Waals surface area contributed by atoms with Crippen molar-refractivity contribution in [3.05, 3.63) is 23.2 Å². The average Bonchev–Trinajstić information content (AvgIpc) is 2.80. The molecule has 0 amide bonds. The maximum Gasteiger partial charge on any atom is 0.208 e. The number of hydrogen-bond acceptors (Lipinski definition) is 5. The molecule has 0 bridgehead atoms. The van der Waals surface area contributed by atoms with E-state index in [1.165, 1.54) is 6.26 Å². The van der Waals surface area contributed by atoms with Crippen molar-refractivity contribution in [2.45, 2.75) is 18.9 Å². The van der Waals surface area contributed by atoms with Crippen LogP contribution in [-0.2, 0) is 10.0 Å². The molecule has 5 nitrogen and oxygen atoms in total. The number of benzene rings is 1. The summed E-state index contributed by atoms with van der Waals surface area (Å²) >= 11 is 7.62. The molecule has 0 spiro atoms. The fourth-order valence-electron chi connectivity index (χ4n) is 2.51. The zero-order chi connectivity index (χ0) is 15.0. The first-order chi connectivity index (χ1) is 9.90. The lowest BCUT2D eigenvalue weighted by Crippen LogP contribution is -2.44. The van der Waals surface area contributed by atoms with Gasteiger partial charge >= 0.3 is 0 Å². The number of fused-ring (bicyclic) bond motifs is 1. The van der Waals surface area contributed by atoms with Crippen LogP contribution in [0, 0.1) is 0 Å². The third-order valence-electron chi connectivity index (χ3n) is 3.49. The SMILES string of the molecule is CS(=O)(=O)NC1CCN(c2nc3ccc(Cl)cc3s2)CC1. The van der Waals surface area contributed by atoms with Gasteiger partial charge in [0.25, 0.3) is 0 Å². The minimum absolute atomic E-state index is 0.0278. The van der Waals surface area contributed by atoms with Crippen LogP contribution in [0.15, 0.2) is 18.2 Å². The van der Waals surface area contributed by atoms with E-state index in [2.05, 4.69) is 14.6 Å². The Labute approximate surface area is 133 Å². The number of piperidine rings is 1. The average molecular weight is 346 g/mol. The van der Waals surface area contributed by atoms with Crippen molar-refractivity contribution < 1.29 is 8.42 Å².